The van der Waals surface area contributed by atoms with Crippen molar-refractivity contribution >= 4 is 11.8 Å². The Morgan fingerprint density at radius 1 is 1.12 bits per heavy atom. The van der Waals surface area contributed by atoms with Crippen molar-refractivity contribution in [2.45, 2.75) is 37.6 Å². The molecule has 0 fully saturated rings. The summed E-state index contributed by atoms with van der Waals surface area (Å²) in [6, 6.07) is 12.0. The molecule has 2 amide bonds. The van der Waals surface area contributed by atoms with Crippen LogP contribution < -0.4 is 19.5 Å². The molecular weight excluding hydrogens is 440 g/mol. The number of amides is 2. The van der Waals surface area contributed by atoms with Crippen molar-refractivity contribution < 1.29 is 34.0 Å². The molecule has 0 bridgehead atoms. The first-order valence-corrected chi connectivity index (χ1v) is 11.2. The number of para-hydroxylation sites is 1. The Morgan fingerprint density at radius 3 is 2.71 bits per heavy atom. The van der Waals surface area contributed by atoms with Crippen LogP contribution in [0.3, 0.4) is 0 Å². The predicted octanol–water partition coefficient (Wildman–Crippen LogP) is 1.09. The van der Waals surface area contributed by atoms with E-state index in [9.17, 15) is 19.8 Å². The molecular formula is C25H26N2O7. The van der Waals surface area contributed by atoms with Gasteiger partial charge in [-0.1, -0.05) is 24.3 Å². The zero-order valence-electron chi connectivity index (χ0n) is 18.6. The van der Waals surface area contributed by atoms with E-state index >= 15 is 0 Å². The summed E-state index contributed by atoms with van der Waals surface area (Å²) >= 11 is 0. The van der Waals surface area contributed by atoms with Crippen molar-refractivity contribution in [1.82, 2.24) is 10.2 Å². The molecule has 0 saturated heterocycles. The van der Waals surface area contributed by atoms with Crippen LogP contribution in [0.4, 0.5) is 0 Å². The van der Waals surface area contributed by atoms with E-state index in [1.807, 2.05) is 24.3 Å². The molecule has 2 heterocycles. The Balaban J connectivity index is 1.51. The van der Waals surface area contributed by atoms with Gasteiger partial charge in [-0.25, -0.2) is 0 Å². The van der Waals surface area contributed by atoms with E-state index in [0.717, 1.165) is 11.1 Å². The molecule has 3 N–H and O–H groups in total. The first-order valence-electron chi connectivity index (χ1n) is 11.2. The van der Waals surface area contributed by atoms with Crippen LogP contribution >= 0.6 is 0 Å². The Morgan fingerprint density at radius 2 is 1.91 bits per heavy atom. The normalized spacial score (nSPS) is 23.9. The first kappa shape index (κ1) is 22.2. The number of nitrogens with zero attached hydrogens (tertiary/aromatic N) is 1. The molecule has 3 aliphatic rings. The molecule has 2 aliphatic heterocycles. The predicted molar refractivity (Wildman–Crippen MR) is 120 cm³/mol. The molecule has 0 radical (unpaired) electrons. The van der Waals surface area contributed by atoms with Gasteiger partial charge in [0.1, 0.15) is 18.0 Å². The monoisotopic (exact) mass is 466 g/mol. The molecule has 2 aromatic carbocycles. The van der Waals surface area contributed by atoms with Gasteiger partial charge in [-0.05, 0) is 29.8 Å². The first-order chi connectivity index (χ1) is 16.5. The highest BCUT2D eigenvalue weighted by atomic mass is 16.7. The number of ether oxygens (including phenoxy) is 3. The van der Waals surface area contributed by atoms with Crippen molar-refractivity contribution in [2.75, 3.05) is 19.9 Å². The van der Waals surface area contributed by atoms with Gasteiger partial charge in [-0.3, -0.25) is 9.59 Å². The number of carbonyl (C=O) groups excluding carboxylic acids is 2. The van der Waals surface area contributed by atoms with Crippen molar-refractivity contribution in [3.8, 4) is 17.2 Å². The summed E-state index contributed by atoms with van der Waals surface area (Å²) in [6.45, 7) is 1.66. The fourth-order valence-electron chi connectivity index (χ4n) is 4.85. The van der Waals surface area contributed by atoms with Crippen molar-refractivity contribution in [3.63, 3.8) is 0 Å². The quantitative estimate of drug-likeness (QED) is 0.583. The number of benzene rings is 2. The second-order valence-corrected chi connectivity index (χ2v) is 8.52. The number of hydrogen-bond donors (Lipinski definition) is 3. The van der Waals surface area contributed by atoms with E-state index in [2.05, 4.69) is 5.32 Å². The number of hydrogen-bond acceptors (Lipinski definition) is 7. The van der Waals surface area contributed by atoms with Crippen molar-refractivity contribution in [3.05, 3.63) is 65.2 Å². The fourth-order valence-corrected chi connectivity index (χ4v) is 4.85. The van der Waals surface area contributed by atoms with Crippen LogP contribution in [0.15, 0.2) is 54.1 Å². The van der Waals surface area contributed by atoms with Crippen LogP contribution in [0.5, 0.6) is 17.2 Å². The van der Waals surface area contributed by atoms with Crippen LogP contribution in [0.1, 0.15) is 24.0 Å². The molecule has 0 spiro atoms. The van der Waals surface area contributed by atoms with Crippen LogP contribution in [0, 0.1) is 0 Å². The average Bonchev–Trinajstić information content (AvgIpc) is 3.46. The zero-order chi connectivity index (χ0) is 23.8. The zero-order valence-corrected chi connectivity index (χ0v) is 18.6. The van der Waals surface area contributed by atoms with Gasteiger partial charge in [-0.2, -0.15) is 0 Å². The topological polar surface area (TPSA) is 118 Å². The summed E-state index contributed by atoms with van der Waals surface area (Å²) in [4.78, 5) is 27.3. The number of rotatable bonds is 6. The molecule has 9 heteroatoms. The fraction of sp³-hybridized carbons (Fsp3) is 0.360. The van der Waals surface area contributed by atoms with Gasteiger partial charge in [0.2, 0.25) is 18.6 Å². The molecule has 178 valence electrons. The van der Waals surface area contributed by atoms with E-state index in [1.165, 1.54) is 11.8 Å². The van der Waals surface area contributed by atoms with Crippen LogP contribution in [-0.4, -0.2) is 65.1 Å². The molecule has 2 aromatic rings. The summed E-state index contributed by atoms with van der Waals surface area (Å²) < 4.78 is 16.9. The summed E-state index contributed by atoms with van der Waals surface area (Å²) in [5, 5.41) is 23.2. The molecule has 5 rings (SSSR count). The molecule has 9 nitrogen and oxygen atoms in total. The second kappa shape index (κ2) is 9.00. The minimum absolute atomic E-state index is 0.0942. The summed E-state index contributed by atoms with van der Waals surface area (Å²) in [6.07, 6.45) is -0.149. The third-order valence-corrected chi connectivity index (χ3v) is 6.43. The lowest BCUT2D eigenvalue weighted by molar-refractivity contribution is -0.135. The minimum Gasteiger partial charge on any atom is -0.486 e. The van der Waals surface area contributed by atoms with E-state index in [-0.39, 0.29) is 38.3 Å². The Hall–Kier alpha value is -3.56. The number of nitrogens with one attached hydrogen (secondary N) is 1. The highest BCUT2D eigenvalue weighted by Gasteiger charge is 2.50. The standard InChI is InChI=1S/C25H26N2O7/c1-14(29)27(12-15-6-7-20-21(10-15)33-13-32-20)18-11-17(25(31)26-8-9-28)22-16-4-2-3-5-19(16)34-24(22)23(18)30/h2-7,10-11,18,22-24,28,30H,8-9,12-13H2,1H3,(H,26,31). The Bertz CT molecular complexity index is 1150. The molecule has 0 aromatic heterocycles. The summed E-state index contributed by atoms with van der Waals surface area (Å²) in [5.41, 5.74) is 2.00. The van der Waals surface area contributed by atoms with Crippen molar-refractivity contribution in [1.29, 1.82) is 0 Å². The van der Waals surface area contributed by atoms with Gasteiger partial charge in [0, 0.05) is 31.1 Å². The van der Waals surface area contributed by atoms with Gasteiger partial charge >= 0.3 is 0 Å². The summed E-state index contributed by atoms with van der Waals surface area (Å²) in [7, 11) is 0. The van der Waals surface area contributed by atoms with Gasteiger partial charge in [0.15, 0.2) is 11.5 Å². The second-order valence-electron chi connectivity index (χ2n) is 8.52. The van der Waals surface area contributed by atoms with Crippen molar-refractivity contribution in [2.24, 2.45) is 0 Å². The third-order valence-electron chi connectivity index (χ3n) is 6.43. The van der Waals surface area contributed by atoms with Crippen LogP contribution in [0.25, 0.3) is 0 Å². The van der Waals surface area contributed by atoms with Gasteiger partial charge in [0.25, 0.3) is 0 Å². The number of aliphatic hydroxyl groups is 2. The highest BCUT2D eigenvalue weighted by Crippen LogP contribution is 2.47. The van der Waals surface area contributed by atoms with E-state index in [0.29, 0.717) is 22.8 Å². The lowest BCUT2D eigenvalue weighted by Gasteiger charge is -2.40. The molecule has 1 aliphatic carbocycles. The molecule has 4 atom stereocenters. The smallest absolute Gasteiger partial charge is 0.247 e. The molecule has 4 unspecified atom stereocenters. The number of aliphatic hydroxyl groups excluding tert-OH is 2. The van der Waals surface area contributed by atoms with Crippen LogP contribution in [-0.2, 0) is 16.1 Å². The number of carbonyl (C=O) groups is 2. The maximum Gasteiger partial charge on any atom is 0.247 e. The molecule has 34 heavy (non-hydrogen) atoms. The maximum absolute atomic E-state index is 13.1. The van der Waals surface area contributed by atoms with Gasteiger partial charge in [0.05, 0.1) is 18.6 Å². The van der Waals surface area contributed by atoms with Gasteiger partial charge < -0.3 is 34.6 Å². The summed E-state index contributed by atoms with van der Waals surface area (Å²) in [5.74, 6) is 0.719. The van der Waals surface area contributed by atoms with E-state index < -0.39 is 24.2 Å². The SMILES string of the molecule is CC(=O)N(Cc1ccc2c(c1)OCO2)C1C=C(C(=O)NCCO)C2c3ccccc3OC2C1O. The van der Waals surface area contributed by atoms with E-state index in [4.69, 9.17) is 14.2 Å². The van der Waals surface area contributed by atoms with Crippen LogP contribution in [0.2, 0.25) is 0 Å². The largest absolute Gasteiger partial charge is 0.486 e. The maximum atomic E-state index is 13.1. The number of fused-ring (bicyclic) bond motifs is 4. The Labute approximate surface area is 196 Å². The third kappa shape index (κ3) is 3.86. The van der Waals surface area contributed by atoms with Gasteiger partial charge in [-0.15, -0.1) is 0 Å². The lowest BCUT2D eigenvalue weighted by atomic mass is 9.77. The molecule has 0 saturated carbocycles. The Kier molecular flexibility index (Phi) is 5.89. The average molecular weight is 466 g/mol. The lowest BCUT2D eigenvalue weighted by Crippen LogP contribution is -2.55. The highest BCUT2D eigenvalue weighted by molar-refractivity contribution is 5.96. The van der Waals surface area contributed by atoms with E-state index in [1.54, 1.807) is 24.3 Å². The minimum atomic E-state index is -1.07.